The minimum atomic E-state index is 0.354. The fourth-order valence-electron chi connectivity index (χ4n) is 1.74. The van der Waals surface area contributed by atoms with Crippen molar-refractivity contribution >= 4 is 0 Å². The Morgan fingerprint density at radius 1 is 1.46 bits per heavy atom. The molecule has 0 aromatic rings. The third kappa shape index (κ3) is 3.02. The van der Waals surface area contributed by atoms with Crippen molar-refractivity contribution in [2.24, 2.45) is 0 Å². The Hall–Kier alpha value is -0.520. The van der Waals surface area contributed by atoms with Gasteiger partial charge < -0.3 is 10.2 Å². The number of nitrogens with zero attached hydrogens (tertiary/aromatic N) is 1. The molecule has 0 aliphatic carbocycles. The molecule has 2 heteroatoms. The van der Waals surface area contributed by atoms with E-state index in [0.29, 0.717) is 5.54 Å². The molecule has 0 spiro atoms. The van der Waals surface area contributed by atoms with E-state index in [4.69, 9.17) is 6.42 Å². The van der Waals surface area contributed by atoms with Crippen molar-refractivity contribution in [3.05, 3.63) is 0 Å². The van der Waals surface area contributed by atoms with E-state index in [1.807, 2.05) is 0 Å². The molecular formula is C11H20N2. The number of rotatable bonds is 3. The predicted octanol–water partition coefficient (Wildman–Crippen LogP) is 1.08. The molecule has 1 fully saturated rings. The van der Waals surface area contributed by atoms with Crippen LogP contribution in [0.25, 0.3) is 0 Å². The Morgan fingerprint density at radius 3 is 2.54 bits per heavy atom. The quantitative estimate of drug-likeness (QED) is 0.654. The summed E-state index contributed by atoms with van der Waals surface area (Å²) in [6.07, 6.45) is 8.58. The molecule has 2 nitrogen and oxygen atoms in total. The van der Waals surface area contributed by atoms with Crippen LogP contribution in [0.1, 0.15) is 26.2 Å². The third-order valence-corrected chi connectivity index (χ3v) is 3.14. The van der Waals surface area contributed by atoms with Gasteiger partial charge in [-0.2, -0.15) is 0 Å². The lowest BCUT2D eigenvalue weighted by atomic mass is 9.90. The van der Waals surface area contributed by atoms with E-state index in [0.717, 1.165) is 13.0 Å². The lowest BCUT2D eigenvalue weighted by molar-refractivity contribution is 0.155. The van der Waals surface area contributed by atoms with E-state index in [1.165, 1.54) is 25.9 Å². The molecule has 1 aliphatic heterocycles. The smallest absolute Gasteiger partial charge is 0.0214 e. The maximum Gasteiger partial charge on any atom is 0.0214 e. The number of terminal acetylenes is 1. The van der Waals surface area contributed by atoms with E-state index in [2.05, 4.69) is 30.1 Å². The minimum absolute atomic E-state index is 0.354. The standard InChI is InChI=1S/C11H20N2/c1-4-5-8-13-9-6-11(2,12-3)7-10-13/h1,12H,5-10H2,2-3H3. The number of likely N-dealkylation sites (tertiary alicyclic amines) is 1. The number of hydrogen-bond acceptors (Lipinski definition) is 2. The summed E-state index contributed by atoms with van der Waals surface area (Å²) in [7, 11) is 2.05. The average Bonchev–Trinajstić information content (AvgIpc) is 2.17. The Labute approximate surface area is 81.7 Å². The molecule has 0 unspecified atom stereocenters. The van der Waals surface area contributed by atoms with Crippen molar-refractivity contribution in [3.8, 4) is 12.3 Å². The molecule has 0 aromatic carbocycles. The van der Waals surface area contributed by atoms with Gasteiger partial charge in [0, 0.05) is 18.5 Å². The van der Waals surface area contributed by atoms with Crippen LogP contribution in [-0.2, 0) is 0 Å². The molecule has 0 saturated carbocycles. The average molecular weight is 180 g/mol. The van der Waals surface area contributed by atoms with Crippen LogP contribution in [-0.4, -0.2) is 37.1 Å². The number of piperidine rings is 1. The zero-order chi connectivity index (χ0) is 9.73. The Morgan fingerprint density at radius 2 is 2.08 bits per heavy atom. The van der Waals surface area contributed by atoms with Crippen molar-refractivity contribution in [3.63, 3.8) is 0 Å². The molecule has 1 heterocycles. The first-order valence-corrected chi connectivity index (χ1v) is 5.05. The topological polar surface area (TPSA) is 15.3 Å². The normalized spacial score (nSPS) is 22.5. The first-order chi connectivity index (χ1) is 6.20. The largest absolute Gasteiger partial charge is 0.314 e. The lowest BCUT2D eigenvalue weighted by Gasteiger charge is -2.39. The van der Waals surface area contributed by atoms with Crippen molar-refractivity contribution in [2.75, 3.05) is 26.7 Å². The monoisotopic (exact) mass is 180 g/mol. The van der Waals surface area contributed by atoms with Gasteiger partial charge in [0.15, 0.2) is 0 Å². The van der Waals surface area contributed by atoms with Crippen LogP contribution in [0.4, 0.5) is 0 Å². The van der Waals surface area contributed by atoms with Crippen molar-refractivity contribution < 1.29 is 0 Å². The summed E-state index contributed by atoms with van der Waals surface area (Å²) in [6.45, 7) is 5.72. The molecule has 1 saturated heterocycles. The molecule has 0 aromatic heterocycles. The maximum absolute atomic E-state index is 5.24. The first kappa shape index (κ1) is 10.6. The maximum atomic E-state index is 5.24. The third-order valence-electron chi connectivity index (χ3n) is 3.14. The molecule has 13 heavy (non-hydrogen) atoms. The summed E-state index contributed by atoms with van der Waals surface area (Å²) in [4.78, 5) is 2.46. The molecule has 0 bridgehead atoms. The van der Waals surface area contributed by atoms with Gasteiger partial charge in [0.25, 0.3) is 0 Å². The summed E-state index contributed by atoms with van der Waals surface area (Å²) >= 11 is 0. The van der Waals surface area contributed by atoms with E-state index >= 15 is 0 Å². The molecule has 74 valence electrons. The second kappa shape index (κ2) is 4.64. The van der Waals surface area contributed by atoms with Crippen LogP contribution >= 0.6 is 0 Å². The van der Waals surface area contributed by atoms with Gasteiger partial charge in [-0.15, -0.1) is 12.3 Å². The summed E-state index contributed by atoms with van der Waals surface area (Å²) in [5.74, 6) is 2.69. The van der Waals surface area contributed by atoms with Gasteiger partial charge in [0.05, 0.1) is 0 Å². The highest BCUT2D eigenvalue weighted by Crippen LogP contribution is 2.20. The fourth-order valence-corrected chi connectivity index (χ4v) is 1.74. The van der Waals surface area contributed by atoms with Crippen LogP contribution < -0.4 is 5.32 Å². The van der Waals surface area contributed by atoms with Crippen LogP contribution in [0, 0.1) is 12.3 Å². The summed E-state index contributed by atoms with van der Waals surface area (Å²) in [6, 6.07) is 0. The summed E-state index contributed by atoms with van der Waals surface area (Å²) in [5, 5.41) is 3.39. The van der Waals surface area contributed by atoms with E-state index in [-0.39, 0.29) is 0 Å². The zero-order valence-corrected chi connectivity index (χ0v) is 8.77. The van der Waals surface area contributed by atoms with Gasteiger partial charge >= 0.3 is 0 Å². The zero-order valence-electron chi connectivity index (χ0n) is 8.77. The molecule has 0 amide bonds. The van der Waals surface area contributed by atoms with Gasteiger partial charge in [-0.25, -0.2) is 0 Å². The van der Waals surface area contributed by atoms with Crippen molar-refractivity contribution in [1.29, 1.82) is 0 Å². The molecule has 0 atom stereocenters. The summed E-state index contributed by atoms with van der Waals surface area (Å²) < 4.78 is 0. The summed E-state index contributed by atoms with van der Waals surface area (Å²) in [5.41, 5.74) is 0.354. The van der Waals surface area contributed by atoms with Gasteiger partial charge in [0.2, 0.25) is 0 Å². The molecule has 1 aliphatic rings. The van der Waals surface area contributed by atoms with Gasteiger partial charge in [0.1, 0.15) is 0 Å². The van der Waals surface area contributed by atoms with Crippen molar-refractivity contribution in [1.82, 2.24) is 10.2 Å². The Balaban J connectivity index is 2.27. The van der Waals surface area contributed by atoms with E-state index < -0.39 is 0 Å². The highest BCUT2D eigenvalue weighted by Gasteiger charge is 2.27. The van der Waals surface area contributed by atoms with Crippen LogP contribution in [0.5, 0.6) is 0 Å². The molecule has 0 radical (unpaired) electrons. The number of nitrogens with one attached hydrogen (secondary N) is 1. The van der Waals surface area contributed by atoms with E-state index in [1.54, 1.807) is 0 Å². The van der Waals surface area contributed by atoms with Gasteiger partial charge in [-0.05, 0) is 39.9 Å². The molecule has 1 N–H and O–H groups in total. The SMILES string of the molecule is C#CCCN1CCC(C)(NC)CC1. The predicted molar refractivity (Wildman–Crippen MR) is 56.6 cm³/mol. The first-order valence-electron chi connectivity index (χ1n) is 5.05. The fraction of sp³-hybridized carbons (Fsp3) is 0.818. The number of hydrogen-bond donors (Lipinski definition) is 1. The minimum Gasteiger partial charge on any atom is -0.314 e. The van der Waals surface area contributed by atoms with Gasteiger partial charge in [-0.1, -0.05) is 0 Å². The highest BCUT2D eigenvalue weighted by atomic mass is 15.1. The van der Waals surface area contributed by atoms with Crippen LogP contribution in [0.3, 0.4) is 0 Å². The highest BCUT2D eigenvalue weighted by molar-refractivity contribution is 4.90. The Bertz CT molecular complexity index is 185. The molecular weight excluding hydrogens is 160 g/mol. The van der Waals surface area contributed by atoms with Crippen LogP contribution in [0.2, 0.25) is 0 Å². The second-order valence-corrected chi connectivity index (χ2v) is 4.11. The van der Waals surface area contributed by atoms with Gasteiger partial charge in [-0.3, -0.25) is 0 Å². The van der Waals surface area contributed by atoms with E-state index in [9.17, 15) is 0 Å². The lowest BCUT2D eigenvalue weighted by Crippen LogP contribution is -2.50. The second-order valence-electron chi connectivity index (χ2n) is 4.11. The van der Waals surface area contributed by atoms with Crippen LogP contribution in [0.15, 0.2) is 0 Å². The molecule has 1 rings (SSSR count). The Kier molecular flexibility index (Phi) is 3.77. The van der Waals surface area contributed by atoms with Crippen molar-refractivity contribution in [2.45, 2.75) is 31.7 Å².